The third kappa shape index (κ3) is 3.64. The Morgan fingerprint density at radius 2 is 1.46 bits per heavy atom. The zero-order chi connectivity index (χ0) is 19.7. The minimum atomic E-state index is -2.10. The van der Waals surface area contributed by atoms with Gasteiger partial charge in [0.25, 0.3) is 0 Å². The van der Waals surface area contributed by atoms with Gasteiger partial charge in [-0.3, -0.25) is 0 Å². The number of rotatable bonds is 2. The lowest BCUT2D eigenvalue weighted by Crippen LogP contribution is -2.67. The maximum Gasteiger partial charge on any atom is 0.192 e. The summed E-state index contributed by atoms with van der Waals surface area (Å²) in [5.74, 6) is -1.63. The Bertz CT molecular complexity index is 541. The van der Waals surface area contributed by atoms with E-state index in [1.807, 2.05) is 27.7 Å². The molecule has 1 aliphatic carbocycles. The standard InChI is InChI=1S/C19H36O6Si/c1-17(2,3)26(8,9)25-14-12(20)11-10-21-18(4,5)22-13(11)15-16(14)24-19(6,7)23-15/h11-16,20H,10H2,1-9H3/t11-,12+,13+,14+,15-,16+/m0/s1. The van der Waals surface area contributed by atoms with Crippen molar-refractivity contribution in [2.75, 3.05) is 6.61 Å². The largest absolute Gasteiger partial charge is 0.409 e. The first-order valence-electron chi connectivity index (χ1n) is 9.67. The Balaban J connectivity index is 1.92. The lowest BCUT2D eigenvalue weighted by atomic mass is 9.78. The minimum absolute atomic E-state index is 0.0373. The lowest BCUT2D eigenvalue weighted by molar-refractivity contribution is -0.335. The van der Waals surface area contributed by atoms with Crippen LogP contribution in [-0.2, 0) is 23.4 Å². The second kappa shape index (κ2) is 6.24. The Hall–Kier alpha value is -0.0231. The molecule has 1 saturated carbocycles. The highest BCUT2D eigenvalue weighted by molar-refractivity contribution is 6.74. The van der Waals surface area contributed by atoms with Gasteiger partial charge in [0.1, 0.15) is 18.3 Å². The highest BCUT2D eigenvalue weighted by Crippen LogP contribution is 2.47. The van der Waals surface area contributed by atoms with E-state index in [4.69, 9.17) is 23.4 Å². The zero-order valence-corrected chi connectivity index (χ0v) is 18.7. The molecule has 3 fully saturated rings. The molecule has 7 heteroatoms. The van der Waals surface area contributed by atoms with Crippen molar-refractivity contribution in [1.82, 2.24) is 0 Å². The molecular weight excluding hydrogens is 352 g/mol. The number of fused-ring (bicyclic) bond motifs is 3. The molecule has 0 aromatic heterocycles. The van der Waals surface area contributed by atoms with Gasteiger partial charge in [0.05, 0.1) is 18.8 Å². The summed E-state index contributed by atoms with van der Waals surface area (Å²) in [7, 11) is -2.10. The van der Waals surface area contributed by atoms with Crippen molar-refractivity contribution in [3.8, 4) is 0 Å². The predicted octanol–water partition coefficient (Wildman–Crippen LogP) is 3.04. The maximum atomic E-state index is 11.2. The van der Waals surface area contributed by atoms with Crippen molar-refractivity contribution in [1.29, 1.82) is 0 Å². The van der Waals surface area contributed by atoms with Crippen molar-refractivity contribution >= 4 is 8.32 Å². The lowest BCUT2D eigenvalue weighted by Gasteiger charge is -2.52. The van der Waals surface area contributed by atoms with Gasteiger partial charge in [-0.05, 0) is 45.8 Å². The monoisotopic (exact) mass is 388 g/mol. The molecule has 0 radical (unpaired) electrons. The molecule has 3 aliphatic rings. The summed E-state index contributed by atoms with van der Waals surface area (Å²) in [5, 5.41) is 11.2. The number of aliphatic hydroxyl groups excluding tert-OH is 1. The van der Waals surface area contributed by atoms with Crippen LogP contribution in [-0.4, -0.2) is 62.1 Å². The highest BCUT2D eigenvalue weighted by Gasteiger charge is 2.62. The molecule has 152 valence electrons. The van der Waals surface area contributed by atoms with Crippen LogP contribution in [0, 0.1) is 5.92 Å². The summed E-state index contributed by atoms with van der Waals surface area (Å²) >= 11 is 0. The molecule has 0 bridgehead atoms. The topological polar surface area (TPSA) is 66.4 Å². The molecule has 2 heterocycles. The summed E-state index contributed by atoms with van der Waals surface area (Å²) in [6.45, 7) is 19.0. The fourth-order valence-corrected chi connectivity index (χ4v) is 5.17. The molecular formula is C19H36O6Si. The van der Waals surface area contributed by atoms with Crippen molar-refractivity contribution < 1.29 is 28.5 Å². The maximum absolute atomic E-state index is 11.2. The molecule has 26 heavy (non-hydrogen) atoms. The zero-order valence-electron chi connectivity index (χ0n) is 17.7. The van der Waals surface area contributed by atoms with E-state index in [1.165, 1.54) is 0 Å². The van der Waals surface area contributed by atoms with Gasteiger partial charge in [0.15, 0.2) is 19.9 Å². The Labute approximate surface area is 158 Å². The first-order chi connectivity index (χ1) is 11.6. The van der Waals surface area contributed by atoms with Gasteiger partial charge in [-0.25, -0.2) is 0 Å². The van der Waals surface area contributed by atoms with E-state index in [1.54, 1.807) is 0 Å². The van der Waals surface area contributed by atoms with Gasteiger partial charge >= 0.3 is 0 Å². The van der Waals surface area contributed by atoms with Gasteiger partial charge in [0, 0.05) is 5.92 Å². The molecule has 2 aliphatic heterocycles. The first-order valence-corrected chi connectivity index (χ1v) is 12.6. The second-order valence-corrected chi connectivity index (χ2v) is 15.1. The molecule has 0 spiro atoms. The van der Waals surface area contributed by atoms with Crippen LogP contribution in [0.2, 0.25) is 18.1 Å². The third-order valence-corrected chi connectivity index (χ3v) is 10.8. The van der Waals surface area contributed by atoms with E-state index in [9.17, 15) is 5.11 Å². The van der Waals surface area contributed by atoms with E-state index in [0.717, 1.165) is 0 Å². The fraction of sp³-hybridized carbons (Fsp3) is 1.00. The summed E-state index contributed by atoms with van der Waals surface area (Å²) < 4.78 is 31.1. The number of aliphatic hydroxyl groups is 1. The molecule has 0 unspecified atom stereocenters. The minimum Gasteiger partial charge on any atom is -0.409 e. The van der Waals surface area contributed by atoms with E-state index in [0.29, 0.717) is 6.61 Å². The molecule has 1 N–H and O–H groups in total. The SMILES string of the molecule is CC1(C)O[C@@H]2[C@H](O1)[C@H](O[Si](C)(C)C(C)(C)C)[C@H](O)[C@@H]1COC(C)(C)O[C@H]12. The average Bonchev–Trinajstić information content (AvgIpc) is 2.77. The van der Waals surface area contributed by atoms with Crippen LogP contribution in [0.1, 0.15) is 48.5 Å². The van der Waals surface area contributed by atoms with Crippen LogP contribution in [0.25, 0.3) is 0 Å². The summed E-state index contributed by atoms with van der Waals surface area (Å²) in [6.07, 6.45) is -2.08. The van der Waals surface area contributed by atoms with Gasteiger partial charge in [-0.2, -0.15) is 0 Å². The van der Waals surface area contributed by atoms with Crippen LogP contribution >= 0.6 is 0 Å². The normalized spacial score (nSPS) is 42.2. The molecule has 3 rings (SSSR count). The van der Waals surface area contributed by atoms with Crippen molar-refractivity contribution in [3.05, 3.63) is 0 Å². The van der Waals surface area contributed by atoms with Gasteiger partial charge in [0.2, 0.25) is 0 Å². The Kier molecular flexibility index (Phi) is 4.97. The van der Waals surface area contributed by atoms with Crippen LogP contribution in [0.5, 0.6) is 0 Å². The number of hydrogen-bond donors (Lipinski definition) is 1. The van der Waals surface area contributed by atoms with Crippen LogP contribution < -0.4 is 0 Å². The van der Waals surface area contributed by atoms with Crippen LogP contribution in [0.4, 0.5) is 0 Å². The van der Waals surface area contributed by atoms with Gasteiger partial charge < -0.3 is 28.5 Å². The first kappa shape index (κ1) is 20.7. The molecule has 0 aromatic carbocycles. The van der Waals surface area contributed by atoms with Crippen LogP contribution in [0.3, 0.4) is 0 Å². The highest BCUT2D eigenvalue weighted by atomic mass is 28.4. The molecule has 0 amide bonds. The van der Waals surface area contributed by atoms with E-state index in [2.05, 4.69) is 33.9 Å². The van der Waals surface area contributed by atoms with Gasteiger partial charge in [-0.1, -0.05) is 20.8 Å². The third-order valence-electron chi connectivity index (χ3n) is 6.29. The van der Waals surface area contributed by atoms with Crippen molar-refractivity contribution in [2.24, 2.45) is 5.92 Å². The molecule has 2 saturated heterocycles. The second-order valence-electron chi connectivity index (χ2n) is 10.4. The Morgan fingerprint density at radius 3 is 2.04 bits per heavy atom. The fourth-order valence-electron chi connectivity index (χ4n) is 3.86. The predicted molar refractivity (Wildman–Crippen MR) is 100 cm³/mol. The molecule has 6 nitrogen and oxygen atoms in total. The molecule has 6 atom stereocenters. The summed E-state index contributed by atoms with van der Waals surface area (Å²) in [6, 6.07) is 0. The summed E-state index contributed by atoms with van der Waals surface area (Å²) in [4.78, 5) is 0. The van der Waals surface area contributed by atoms with Gasteiger partial charge in [-0.15, -0.1) is 0 Å². The van der Waals surface area contributed by atoms with E-state index in [-0.39, 0.29) is 29.3 Å². The average molecular weight is 389 g/mol. The van der Waals surface area contributed by atoms with E-state index < -0.39 is 32.1 Å². The molecule has 0 aromatic rings. The Morgan fingerprint density at radius 1 is 0.923 bits per heavy atom. The van der Waals surface area contributed by atoms with Crippen LogP contribution in [0.15, 0.2) is 0 Å². The number of ether oxygens (including phenoxy) is 4. The van der Waals surface area contributed by atoms with Crippen molar-refractivity contribution in [2.45, 2.75) is 109 Å². The number of hydrogen-bond acceptors (Lipinski definition) is 6. The quantitative estimate of drug-likeness (QED) is 0.734. The van der Waals surface area contributed by atoms with Crippen molar-refractivity contribution in [3.63, 3.8) is 0 Å². The summed E-state index contributed by atoms with van der Waals surface area (Å²) in [5.41, 5.74) is 0. The smallest absolute Gasteiger partial charge is 0.192 e. The van der Waals surface area contributed by atoms with E-state index >= 15 is 0 Å².